The molecule has 4 atom stereocenters. The number of thiophene rings is 4. The Hall–Kier alpha value is -11.0. The molecular weight excluding hydrogens is 1560 g/mol. The number of nitrogens with one attached hydrogen (secondary N) is 3. The molecule has 0 aliphatic carbocycles. The van der Waals surface area contributed by atoms with E-state index in [1.54, 1.807) is 102 Å². The van der Waals surface area contributed by atoms with Gasteiger partial charge in [-0.1, -0.05) is 83.4 Å². The largest absolute Gasteiger partial charge is 0.497 e. The average molecular weight is 1640 g/mol. The minimum atomic E-state index is -0.749. The highest BCUT2D eigenvalue weighted by molar-refractivity contribution is 7.19. The molecule has 0 bridgehead atoms. The lowest BCUT2D eigenvalue weighted by atomic mass is 9.94. The molecule has 1 amide bonds. The fourth-order valence-electron chi connectivity index (χ4n) is 14.0. The number of likely N-dealkylation sites (N-methyl/N-ethyl adjacent to an activating group) is 2. The van der Waals surface area contributed by atoms with Crippen LogP contribution in [0.2, 0.25) is 10.0 Å². The van der Waals surface area contributed by atoms with Crippen LogP contribution < -0.4 is 10.1 Å². The van der Waals surface area contributed by atoms with E-state index in [4.69, 9.17) is 27.9 Å². The van der Waals surface area contributed by atoms with E-state index in [9.17, 15) is 15.0 Å². The number of hydrogen-bond donors (Lipinski definition) is 5. The fourth-order valence-corrected chi connectivity index (χ4v) is 18.9. The van der Waals surface area contributed by atoms with Gasteiger partial charge < -0.3 is 30.2 Å². The van der Waals surface area contributed by atoms with Crippen LogP contribution in [0.5, 0.6) is 5.75 Å². The van der Waals surface area contributed by atoms with Gasteiger partial charge in [-0.15, -0.1) is 45.3 Å². The van der Waals surface area contributed by atoms with Gasteiger partial charge in [-0.05, 0) is 219 Å². The van der Waals surface area contributed by atoms with Crippen molar-refractivity contribution in [3.63, 3.8) is 0 Å². The first-order chi connectivity index (χ1) is 55.8. The molecule has 1 fully saturated rings. The Kier molecular flexibility index (Phi) is 26.0. The highest BCUT2D eigenvalue weighted by atomic mass is 35.5. The number of rotatable bonds is 21. The van der Waals surface area contributed by atoms with Gasteiger partial charge in [0.25, 0.3) is 0 Å². The summed E-state index contributed by atoms with van der Waals surface area (Å²) in [5.74, 6) is 2.76. The van der Waals surface area contributed by atoms with Crippen LogP contribution in [0.15, 0.2) is 240 Å². The van der Waals surface area contributed by atoms with E-state index in [-0.39, 0.29) is 18.0 Å². The first kappa shape index (κ1) is 80.6. The quantitative estimate of drug-likeness (QED) is 0.0448. The van der Waals surface area contributed by atoms with Crippen LogP contribution in [0.4, 0.5) is 5.82 Å². The molecule has 13 heterocycles. The molecule has 0 spiro atoms. The molecule has 3 aliphatic rings. The number of aromatic nitrogens is 9. The van der Waals surface area contributed by atoms with Gasteiger partial charge in [-0.25, -0.2) is 15.0 Å². The smallest absolute Gasteiger partial charge is 0.222 e. The second-order valence-electron chi connectivity index (χ2n) is 28.1. The zero-order valence-corrected chi connectivity index (χ0v) is 69.3. The molecule has 4 aromatic carbocycles. The third-order valence-electron chi connectivity index (χ3n) is 19.7. The zero-order chi connectivity index (χ0) is 80.2. The lowest BCUT2D eigenvalue weighted by Crippen LogP contribution is -2.57. The minimum Gasteiger partial charge on any atom is -0.497 e. The number of halogens is 2. The number of nitrogens with zero attached hydrogens (tertiary/aromatic N) is 14. The number of amides is 1. The van der Waals surface area contributed by atoms with Crippen LogP contribution in [0.25, 0.3) is 63.2 Å². The van der Waals surface area contributed by atoms with E-state index in [0.29, 0.717) is 29.7 Å². The minimum absolute atomic E-state index is 0.00674. The van der Waals surface area contributed by atoms with Crippen molar-refractivity contribution in [1.82, 2.24) is 59.8 Å². The average Bonchev–Trinajstić information content (AvgIpc) is 1.76. The third-order valence-corrected chi connectivity index (χ3v) is 25.1. The van der Waals surface area contributed by atoms with E-state index in [2.05, 4.69) is 168 Å². The van der Waals surface area contributed by atoms with Gasteiger partial charge in [0, 0.05) is 147 Å². The number of carbonyl (C=O) groups is 1. The Morgan fingerprint density at radius 1 is 0.557 bits per heavy atom. The van der Waals surface area contributed by atoms with Gasteiger partial charge in [0.2, 0.25) is 5.91 Å². The first-order valence-electron chi connectivity index (χ1n) is 37.0. The Labute approximate surface area is 693 Å². The predicted molar refractivity (Wildman–Crippen MR) is 468 cm³/mol. The summed E-state index contributed by atoms with van der Waals surface area (Å²) in [6, 6.07) is 54.9. The summed E-state index contributed by atoms with van der Waals surface area (Å²) in [5, 5.41) is 50.1. The van der Waals surface area contributed by atoms with E-state index < -0.39 is 12.2 Å². The summed E-state index contributed by atoms with van der Waals surface area (Å²) in [5.41, 5.74) is 17.4. The highest BCUT2D eigenvalue weighted by Crippen LogP contribution is 2.47. The van der Waals surface area contributed by atoms with Gasteiger partial charge in [0.05, 0.1) is 50.1 Å². The summed E-state index contributed by atoms with van der Waals surface area (Å²) >= 11 is 19.0. The van der Waals surface area contributed by atoms with Crippen molar-refractivity contribution in [2.75, 3.05) is 53.7 Å². The maximum atomic E-state index is 11.6. The Morgan fingerprint density at radius 2 is 1.10 bits per heavy atom. The molecule has 1 saturated heterocycles. The van der Waals surface area contributed by atoms with Gasteiger partial charge >= 0.3 is 0 Å². The molecule has 14 aromatic rings. The second-order valence-corrected chi connectivity index (χ2v) is 33.2. The molecular formula is C88H83Cl2N17O4S4. The van der Waals surface area contributed by atoms with Gasteiger partial charge in [-0.2, -0.15) is 25.5 Å². The number of methoxy groups -OCH3 is 1. The van der Waals surface area contributed by atoms with Crippen LogP contribution in [0, 0.1) is 20.8 Å². The van der Waals surface area contributed by atoms with E-state index >= 15 is 0 Å². The number of aliphatic hydroxyl groups is 2. The van der Waals surface area contributed by atoms with Crippen LogP contribution in [0.3, 0.4) is 0 Å². The van der Waals surface area contributed by atoms with Gasteiger partial charge in [0.15, 0.2) is 5.82 Å². The fraction of sp³-hybridized carbons (Fsp3) is 0.205. The second kappa shape index (κ2) is 37.1. The summed E-state index contributed by atoms with van der Waals surface area (Å²) in [6.45, 7) is 9.53. The zero-order valence-electron chi connectivity index (χ0n) is 64.5. The molecule has 17 rings (SSSR count). The number of benzene rings is 4. The number of carbonyl (C=O) groups excluding carboxylic acids is 1. The summed E-state index contributed by atoms with van der Waals surface area (Å²) in [7, 11) is 10.2. The van der Waals surface area contributed by atoms with Crippen molar-refractivity contribution in [3.8, 4) is 68.9 Å². The number of H-pyrrole nitrogens is 2. The monoisotopic (exact) mass is 1640 g/mol. The molecule has 0 saturated carbocycles. The Bertz CT molecular complexity index is 5780. The van der Waals surface area contributed by atoms with Crippen LogP contribution >= 0.6 is 68.5 Å². The topological polar surface area (TPSA) is 260 Å². The van der Waals surface area contributed by atoms with Crippen molar-refractivity contribution >= 4 is 104 Å². The number of ether oxygens (including phenoxy) is 1. The molecule has 3 aliphatic heterocycles. The SMILES string of the molecule is CC(=O)Nc1cc(-c2cc(C(c3ccc(Cl)cc3)N(C)C3CN(C)C3)c(-c3ncn[nH]3)s2)ccn1.COc1ccc(C(O)c2cc(-c3ccncc3)sc2C2=NN=CC2)c(C)c1.Cc1cc(-c2cc(C(c3ccc(Cl)cc3)N(C)C)c(-c3ncc[nH]3)s2)ccn1.Cc1cccc(C(O)c2cc(-c3ccncc3)sc2C2=NN=CC2)c1. The number of aliphatic hydroxyl groups excluding tert-OH is 2. The molecule has 115 heavy (non-hydrogen) atoms. The van der Waals surface area contributed by atoms with Gasteiger partial charge in [-0.3, -0.25) is 34.6 Å². The molecule has 27 heteroatoms. The first-order valence-corrected chi connectivity index (χ1v) is 41.0. The van der Waals surface area contributed by atoms with Crippen LogP contribution in [-0.4, -0.2) is 154 Å². The number of anilines is 1. The highest BCUT2D eigenvalue weighted by Gasteiger charge is 2.36. The number of pyridine rings is 4. The Balaban J connectivity index is 0.000000128. The van der Waals surface area contributed by atoms with Crippen molar-refractivity contribution < 1.29 is 19.7 Å². The summed E-state index contributed by atoms with van der Waals surface area (Å²) in [6.07, 6.45) is 19.4. The van der Waals surface area contributed by atoms with Crippen molar-refractivity contribution in [1.29, 1.82) is 0 Å². The molecule has 4 unspecified atom stereocenters. The van der Waals surface area contributed by atoms with E-state index in [1.807, 2.05) is 142 Å². The lowest BCUT2D eigenvalue weighted by molar-refractivity contribution is -0.114. The standard InChI is InChI=1S/C25H26ClN7OS.C22H21ClN4S.C21H19N3O2S.C20H17N3OS/c1-15(34)30-22-10-17(8-9-27-22)21-11-20(24(35-21)25-28-14-29-31-25)23(16-4-6-18(26)7-5-16)33(3)19-12-32(2)13-19;1-14-12-16(8-9-24-14)19-13-18(21(28-19)22-25-10-11-26-22)20(27(2)3)15-4-6-17(23)7-5-15;1-13-11-15(26-2)3-4-16(13)20(25)17-12-19(14-5-8-22-9-6-14)27-21(17)18-7-10-23-24-18;1-13-3-2-4-15(11-13)19(24)16-12-18(14-5-8-21-9-6-14)25-20(16)17-7-10-22-23-17/h4-11,14,19,23H,12-13H2,1-3H3,(H,27,30,34)(H,28,29,31);4-13,20H,1-3H3,(H,25,26);3-6,8-12,20,25H,7H2,1-2H3;2-6,8-12,19,24H,7H2,1H3. The number of imidazole rings is 1. The van der Waals surface area contributed by atoms with Crippen molar-refractivity contribution in [2.24, 2.45) is 20.4 Å². The van der Waals surface area contributed by atoms with E-state index in [0.717, 1.165) is 148 Å². The summed E-state index contributed by atoms with van der Waals surface area (Å²) in [4.78, 5) is 56.1. The van der Waals surface area contributed by atoms with Crippen molar-refractivity contribution in [2.45, 2.75) is 70.9 Å². The maximum absolute atomic E-state index is 11.6. The summed E-state index contributed by atoms with van der Waals surface area (Å²) < 4.78 is 5.28. The molecule has 5 N–H and O–H groups in total. The third kappa shape index (κ3) is 19.2. The number of likely N-dealkylation sites (tertiary alicyclic amines) is 1. The predicted octanol–water partition coefficient (Wildman–Crippen LogP) is 19.1. The molecule has 582 valence electrons. The Morgan fingerprint density at radius 3 is 1.61 bits per heavy atom. The normalized spacial score (nSPS) is 14.2. The molecule has 21 nitrogen and oxygen atoms in total. The molecule has 0 radical (unpaired) electrons. The molecule has 10 aromatic heterocycles. The van der Waals surface area contributed by atoms with Crippen LogP contribution in [0.1, 0.15) is 115 Å². The lowest BCUT2D eigenvalue weighted by Gasteiger charge is -2.45. The van der Waals surface area contributed by atoms with Gasteiger partial charge in [0.1, 0.15) is 35.9 Å². The van der Waals surface area contributed by atoms with E-state index in [1.165, 1.54) is 34.8 Å². The number of aromatic amines is 2. The number of aryl methyl sites for hydroxylation is 3. The van der Waals surface area contributed by atoms with Crippen molar-refractivity contribution in [3.05, 3.63) is 301 Å². The van der Waals surface area contributed by atoms with Crippen LogP contribution in [-0.2, 0) is 4.79 Å². The number of hydrogen-bond acceptors (Lipinski definition) is 22. The maximum Gasteiger partial charge on any atom is 0.222 e.